The van der Waals surface area contributed by atoms with Crippen molar-refractivity contribution in [1.82, 2.24) is 5.32 Å². The summed E-state index contributed by atoms with van der Waals surface area (Å²) in [4.78, 5) is 12.2. The molecule has 0 heterocycles. The van der Waals surface area contributed by atoms with E-state index in [1.807, 2.05) is 38.1 Å². The number of carbonyl (C=O) groups excluding carboxylic acids is 1. The van der Waals surface area contributed by atoms with E-state index in [0.29, 0.717) is 18.7 Å². The summed E-state index contributed by atoms with van der Waals surface area (Å²) in [6.45, 7) is 4.36. The van der Waals surface area contributed by atoms with Gasteiger partial charge in [-0.25, -0.2) is 4.39 Å². The first-order chi connectivity index (χ1) is 12.0. The summed E-state index contributed by atoms with van der Waals surface area (Å²) >= 11 is 0. The summed E-state index contributed by atoms with van der Waals surface area (Å²) < 4.78 is 13.1. The Kier molecular flexibility index (Phi) is 6.30. The lowest BCUT2D eigenvalue weighted by atomic mass is 10.1. The average molecular weight is 337 g/mol. The molecule has 0 atom stereocenters. The molecule has 5 heteroatoms. The number of benzene rings is 2. The number of nitrogens with zero attached hydrogens (tertiary/aromatic N) is 1. The van der Waals surface area contributed by atoms with E-state index in [1.165, 1.54) is 18.3 Å². The summed E-state index contributed by atoms with van der Waals surface area (Å²) in [7, 11) is 0. The molecule has 0 aliphatic carbocycles. The van der Waals surface area contributed by atoms with Crippen molar-refractivity contribution in [2.75, 3.05) is 11.9 Å². The Morgan fingerprint density at radius 2 is 2.00 bits per heavy atom. The van der Waals surface area contributed by atoms with Crippen LogP contribution in [0, 0.1) is 31.0 Å². The molecule has 0 aromatic heterocycles. The third kappa shape index (κ3) is 5.18. The lowest BCUT2D eigenvalue weighted by Crippen LogP contribution is -2.18. The van der Waals surface area contributed by atoms with E-state index in [1.54, 1.807) is 12.1 Å². The van der Waals surface area contributed by atoms with Gasteiger partial charge in [-0.1, -0.05) is 24.3 Å². The topological polar surface area (TPSA) is 64.9 Å². The van der Waals surface area contributed by atoms with Gasteiger partial charge in [0.05, 0.1) is 0 Å². The van der Waals surface area contributed by atoms with Gasteiger partial charge >= 0.3 is 0 Å². The molecule has 0 saturated heterocycles. The molecule has 2 N–H and O–H groups in total. The highest BCUT2D eigenvalue weighted by Crippen LogP contribution is 2.18. The maximum Gasteiger partial charge on any atom is 0.267 e. The van der Waals surface area contributed by atoms with Gasteiger partial charge in [0.1, 0.15) is 17.5 Å². The monoisotopic (exact) mass is 337 g/mol. The summed E-state index contributed by atoms with van der Waals surface area (Å²) in [5, 5.41) is 14.9. The number of halogens is 1. The number of nitriles is 1. The van der Waals surface area contributed by atoms with Crippen LogP contribution in [-0.2, 0) is 11.2 Å². The van der Waals surface area contributed by atoms with Crippen LogP contribution < -0.4 is 10.6 Å². The second kappa shape index (κ2) is 8.65. The minimum Gasteiger partial charge on any atom is -0.389 e. The van der Waals surface area contributed by atoms with Gasteiger partial charge in [-0.05, 0) is 55.2 Å². The van der Waals surface area contributed by atoms with Crippen LogP contribution in [0.3, 0.4) is 0 Å². The number of anilines is 1. The third-order valence-electron chi connectivity index (χ3n) is 3.91. The first-order valence-electron chi connectivity index (χ1n) is 7.97. The molecule has 0 unspecified atom stereocenters. The third-order valence-corrected chi connectivity index (χ3v) is 3.91. The van der Waals surface area contributed by atoms with Crippen LogP contribution in [0.1, 0.15) is 16.7 Å². The number of hydrogen-bond donors (Lipinski definition) is 2. The van der Waals surface area contributed by atoms with Crippen LogP contribution >= 0.6 is 0 Å². The molecule has 0 radical (unpaired) electrons. The molecular formula is C20H20FN3O. The van der Waals surface area contributed by atoms with Crippen molar-refractivity contribution in [3.05, 3.63) is 76.7 Å². The summed E-state index contributed by atoms with van der Waals surface area (Å²) in [5.74, 6) is -0.742. The highest BCUT2D eigenvalue weighted by molar-refractivity contribution is 6.06. The minimum absolute atomic E-state index is 0.0138. The molecule has 2 aromatic rings. The van der Waals surface area contributed by atoms with Crippen LogP contribution in [0.2, 0.25) is 0 Å². The van der Waals surface area contributed by atoms with Gasteiger partial charge in [0.15, 0.2) is 0 Å². The molecule has 2 aromatic carbocycles. The standard InChI is InChI=1S/C20H20FN3O/c1-14-5-3-8-19(15(14)2)24-20(25)17(12-22)13-23-10-9-16-6-4-7-18(21)11-16/h3-8,11,13,23H,9-10H2,1-2H3,(H,24,25)/b17-13-. The molecule has 0 bridgehead atoms. The first kappa shape index (κ1) is 18.2. The molecule has 25 heavy (non-hydrogen) atoms. The molecule has 1 amide bonds. The maximum atomic E-state index is 13.1. The van der Waals surface area contributed by atoms with Crippen molar-refractivity contribution in [3.63, 3.8) is 0 Å². The summed E-state index contributed by atoms with van der Waals surface area (Å²) in [6.07, 6.45) is 1.98. The fraction of sp³-hybridized carbons (Fsp3) is 0.200. The summed E-state index contributed by atoms with van der Waals surface area (Å²) in [6, 6.07) is 13.8. The van der Waals surface area contributed by atoms with E-state index in [2.05, 4.69) is 10.6 Å². The van der Waals surface area contributed by atoms with E-state index in [9.17, 15) is 14.4 Å². The molecule has 4 nitrogen and oxygen atoms in total. The van der Waals surface area contributed by atoms with Crippen molar-refractivity contribution < 1.29 is 9.18 Å². The van der Waals surface area contributed by atoms with Gasteiger partial charge in [0.2, 0.25) is 0 Å². The fourth-order valence-corrected chi connectivity index (χ4v) is 2.31. The largest absolute Gasteiger partial charge is 0.389 e. The zero-order chi connectivity index (χ0) is 18.2. The maximum absolute atomic E-state index is 13.1. The zero-order valence-electron chi connectivity index (χ0n) is 14.3. The number of carbonyl (C=O) groups is 1. The van der Waals surface area contributed by atoms with Crippen LogP contribution in [0.25, 0.3) is 0 Å². The second-order valence-corrected chi connectivity index (χ2v) is 5.71. The number of nitrogens with one attached hydrogen (secondary N) is 2. The Labute approximate surface area is 147 Å². The van der Waals surface area contributed by atoms with E-state index >= 15 is 0 Å². The van der Waals surface area contributed by atoms with Gasteiger partial charge in [0, 0.05) is 18.4 Å². The highest BCUT2D eigenvalue weighted by Gasteiger charge is 2.11. The molecular weight excluding hydrogens is 317 g/mol. The van der Waals surface area contributed by atoms with Gasteiger partial charge in [-0.3, -0.25) is 4.79 Å². The quantitative estimate of drug-likeness (QED) is 0.481. The number of rotatable bonds is 6. The Morgan fingerprint density at radius 3 is 2.72 bits per heavy atom. The van der Waals surface area contributed by atoms with Gasteiger partial charge in [-0.15, -0.1) is 0 Å². The van der Waals surface area contributed by atoms with Crippen molar-refractivity contribution >= 4 is 11.6 Å². The Balaban J connectivity index is 1.94. The highest BCUT2D eigenvalue weighted by atomic mass is 19.1. The van der Waals surface area contributed by atoms with Gasteiger partial charge < -0.3 is 10.6 Å². The lowest BCUT2D eigenvalue weighted by molar-refractivity contribution is -0.112. The van der Waals surface area contributed by atoms with Gasteiger partial charge in [-0.2, -0.15) is 5.26 Å². The average Bonchev–Trinajstić information content (AvgIpc) is 2.59. The molecule has 2 rings (SSSR count). The van der Waals surface area contributed by atoms with Crippen molar-refractivity contribution in [3.8, 4) is 6.07 Å². The SMILES string of the molecule is Cc1cccc(NC(=O)/C(C#N)=C\NCCc2cccc(F)c2)c1C. The first-order valence-corrected chi connectivity index (χ1v) is 7.97. The van der Waals surface area contributed by atoms with E-state index < -0.39 is 5.91 Å². The number of hydrogen-bond acceptors (Lipinski definition) is 3. The Bertz CT molecular complexity index is 837. The van der Waals surface area contributed by atoms with Crippen LogP contribution in [0.4, 0.5) is 10.1 Å². The predicted octanol–water partition coefficient (Wildman–Crippen LogP) is 3.62. The minimum atomic E-state index is -0.463. The molecule has 0 aliphatic heterocycles. The Hall–Kier alpha value is -3.13. The van der Waals surface area contributed by atoms with Crippen LogP contribution in [0.15, 0.2) is 54.2 Å². The second-order valence-electron chi connectivity index (χ2n) is 5.71. The normalized spacial score (nSPS) is 10.9. The molecule has 128 valence electrons. The molecule has 0 aliphatic rings. The van der Waals surface area contributed by atoms with E-state index in [4.69, 9.17) is 0 Å². The lowest BCUT2D eigenvalue weighted by Gasteiger charge is -2.10. The smallest absolute Gasteiger partial charge is 0.267 e. The molecule has 0 spiro atoms. The van der Waals surface area contributed by atoms with E-state index in [-0.39, 0.29) is 11.4 Å². The van der Waals surface area contributed by atoms with Crippen molar-refractivity contribution in [1.29, 1.82) is 5.26 Å². The van der Waals surface area contributed by atoms with Crippen LogP contribution in [-0.4, -0.2) is 12.5 Å². The number of aryl methyl sites for hydroxylation is 1. The Morgan fingerprint density at radius 1 is 1.24 bits per heavy atom. The van der Waals surface area contributed by atoms with Crippen molar-refractivity contribution in [2.24, 2.45) is 0 Å². The van der Waals surface area contributed by atoms with E-state index in [0.717, 1.165) is 16.7 Å². The number of amides is 1. The molecule has 0 fully saturated rings. The predicted molar refractivity (Wildman–Crippen MR) is 96.3 cm³/mol. The summed E-state index contributed by atoms with van der Waals surface area (Å²) in [5.41, 5.74) is 3.55. The zero-order valence-corrected chi connectivity index (χ0v) is 14.3. The van der Waals surface area contributed by atoms with Gasteiger partial charge in [0.25, 0.3) is 5.91 Å². The van der Waals surface area contributed by atoms with Crippen LogP contribution in [0.5, 0.6) is 0 Å². The molecule has 0 saturated carbocycles. The fourth-order valence-electron chi connectivity index (χ4n) is 2.31. The van der Waals surface area contributed by atoms with Crippen molar-refractivity contribution in [2.45, 2.75) is 20.3 Å².